The summed E-state index contributed by atoms with van der Waals surface area (Å²) in [6, 6.07) is 2.08. The van der Waals surface area contributed by atoms with Crippen LogP contribution in [0, 0.1) is 11.3 Å². The van der Waals surface area contributed by atoms with E-state index in [1.54, 1.807) is 0 Å². The molecule has 0 unspecified atom stereocenters. The van der Waals surface area contributed by atoms with Gasteiger partial charge in [0.25, 0.3) is 0 Å². The van der Waals surface area contributed by atoms with Gasteiger partial charge < -0.3 is 19.7 Å². The van der Waals surface area contributed by atoms with E-state index in [-0.39, 0.29) is 6.10 Å². The van der Waals surface area contributed by atoms with E-state index in [1.807, 2.05) is 32.7 Å². The zero-order valence-electron chi connectivity index (χ0n) is 11.4. The molecule has 2 atom stereocenters. The van der Waals surface area contributed by atoms with Crippen LogP contribution in [0.1, 0.15) is 20.8 Å². The highest BCUT2D eigenvalue weighted by molar-refractivity contribution is 5.67. The van der Waals surface area contributed by atoms with Gasteiger partial charge in [0, 0.05) is 19.6 Å². The molecule has 6 nitrogen and oxygen atoms in total. The number of carbonyl (C=O) groups is 1. The molecule has 102 valence electrons. The van der Waals surface area contributed by atoms with Crippen LogP contribution < -0.4 is 5.32 Å². The number of nitriles is 1. The third-order valence-electron chi connectivity index (χ3n) is 2.37. The Morgan fingerprint density at radius 1 is 1.56 bits per heavy atom. The molecule has 1 fully saturated rings. The van der Waals surface area contributed by atoms with Crippen LogP contribution >= 0.6 is 0 Å². The van der Waals surface area contributed by atoms with Crippen molar-refractivity contribution in [3.8, 4) is 6.07 Å². The van der Waals surface area contributed by atoms with Crippen LogP contribution in [0.3, 0.4) is 0 Å². The van der Waals surface area contributed by atoms with Crippen molar-refractivity contribution in [2.24, 2.45) is 0 Å². The Hall–Kier alpha value is -1.32. The van der Waals surface area contributed by atoms with Crippen molar-refractivity contribution in [1.29, 1.82) is 5.26 Å². The van der Waals surface area contributed by atoms with Crippen LogP contribution in [0.4, 0.5) is 4.79 Å². The number of alkyl carbamates (subject to hydrolysis) is 1. The number of hydrogen-bond acceptors (Lipinski definition) is 5. The molecular weight excluding hydrogens is 234 g/mol. The molecule has 0 bridgehead atoms. The summed E-state index contributed by atoms with van der Waals surface area (Å²) in [6.45, 7) is 7.06. The standard InChI is InChI=1S/C12H21N3O3/c1-12(2,3)18-11(16)14-6-10-8-15(4)7-9(5-13)17-10/h9-10H,6-8H2,1-4H3,(H,14,16)/t9-,10+/m0/s1. The molecule has 1 amide bonds. The molecule has 1 aliphatic rings. The van der Waals surface area contributed by atoms with Gasteiger partial charge in [0.2, 0.25) is 0 Å². The number of carbonyl (C=O) groups excluding carboxylic acids is 1. The third kappa shape index (κ3) is 5.34. The first-order chi connectivity index (χ1) is 8.30. The monoisotopic (exact) mass is 255 g/mol. The van der Waals surface area contributed by atoms with E-state index in [1.165, 1.54) is 0 Å². The number of amides is 1. The summed E-state index contributed by atoms with van der Waals surface area (Å²) in [7, 11) is 1.92. The first-order valence-electron chi connectivity index (χ1n) is 6.00. The summed E-state index contributed by atoms with van der Waals surface area (Å²) in [5.41, 5.74) is -0.510. The Balaban J connectivity index is 2.35. The van der Waals surface area contributed by atoms with Crippen molar-refractivity contribution in [3.05, 3.63) is 0 Å². The Morgan fingerprint density at radius 2 is 2.22 bits per heavy atom. The van der Waals surface area contributed by atoms with Crippen LogP contribution in [-0.2, 0) is 9.47 Å². The number of nitrogens with zero attached hydrogens (tertiary/aromatic N) is 2. The van der Waals surface area contributed by atoms with Gasteiger partial charge in [-0.3, -0.25) is 0 Å². The Morgan fingerprint density at radius 3 is 2.78 bits per heavy atom. The van der Waals surface area contributed by atoms with Crippen LogP contribution in [-0.4, -0.2) is 55.5 Å². The predicted molar refractivity (Wildman–Crippen MR) is 66.0 cm³/mol. The topological polar surface area (TPSA) is 74.6 Å². The molecule has 18 heavy (non-hydrogen) atoms. The van der Waals surface area contributed by atoms with E-state index in [0.29, 0.717) is 19.6 Å². The molecule has 1 N–H and O–H groups in total. The molecule has 0 saturated carbocycles. The van der Waals surface area contributed by atoms with E-state index < -0.39 is 17.8 Å². The van der Waals surface area contributed by atoms with E-state index in [2.05, 4.69) is 11.4 Å². The third-order valence-corrected chi connectivity index (χ3v) is 2.37. The Labute approximate surface area is 108 Å². The molecular formula is C12H21N3O3. The van der Waals surface area contributed by atoms with Crippen molar-refractivity contribution in [2.45, 2.75) is 38.6 Å². The van der Waals surface area contributed by atoms with E-state index in [9.17, 15) is 4.79 Å². The second kappa shape index (κ2) is 6.03. The minimum Gasteiger partial charge on any atom is -0.444 e. The molecule has 1 heterocycles. The minimum atomic E-state index is -0.510. The van der Waals surface area contributed by atoms with Gasteiger partial charge in [-0.15, -0.1) is 0 Å². The molecule has 0 aromatic rings. The van der Waals surface area contributed by atoms with Crippen molar-refractivity contribution < 1.29 is 14.3 Å². The zero-order chi connectivity index (χ0) is 13.8. The maximum atomic E-state index is 11.5. The molecule has 0 aromatic carbocycles. The van der Waals surface area contributed by atoms with Crippen LogP contribution in [0.5, 0.6) is 0 Å². The lowest BCUT2D eigenvalue weighted by Gasteiger charge is -2.33. The van der Waals surface area contributed by atoms with E-state index in [0.717, 1.165) is 0 Å². The second-order valence-electron chi connectivity index (χ2n) is 5.48. The lowest BCUT2D eigenvalue weighted by molar-refractivity contribution is -0.0521. The van der Waals surface area contributed by atoms with Gasteiger partial charge in [0.1, 0.15) is 5.60 Å². The van der Waals surface area contributed by atoms with Gasteiger partial charge in [0.15, 0.2) is 6.10 Å². The molecule has 0 radical (unpaired) electrons. The van der Waals surface area contributed by atoms with Crippen LogP contribution in [0.2, 0.25) is 0 Å². The Kier molecular flexibility index (Phi) is 4.93. The summed E-state index contributed by atoms with van der Waals surface area (Å²) in [5, 5.41) is 11.5. The average molecular weight is 255 g/mol. The van der Waals surface area contributed by atoms with E-state index >= 15 is 0 Å². The van der Waals surface area contributed by atoms with Gasteiger partial charge in [-0.25, -0.2) is 4.79 Å². The van der Waals surface area contributed by atoms with Crippen molar-refractivity contribution in [3.63, 3.8) is 0 Å². The fourth-order valence-corrected chi connectivity index (χ4v) is 1.72. The molecule has 1 saturated heterocycles. The highest BCUT2D eigenvalue weighted by Crippen LogP contribution is 2.09. The van der Waals surface area contributed by atoms with Gasteiger partial charge in [-0.05, 0) is 27.8 Å². The van der Waals surface area contributed by atoms with Crippen molar-refractivity contribution in [2.75, 3.05) is 26.7 Å². The number of ether oxygens (including phenoxy) is 2. The first-order valence-corrected chi connectivity index (χ1v) is 6.00. The van der Waals surface area contributed by atoms with Gasteiger partial charge >= 0.3 is 6.09 Å². The van der Waals surface area contributed by atoms with Gasteiger partial charge in [-0.2, -0.15) is 5.26 Å². The number of likely N-dealkylation sites (N-methyl/N-ethyl adjacent to an activating group) is 1. The summed E-state index contributed by atoms with van der Waals surface area (Å²) >= 11 is 0. The molecule has 0 aliphatic carbocycles. The van der Waals surface area contributed by atoms with Crippen LogP contribution in [0.15, 0.2) is 0 Å². The highest BCUT2D eigenvalue weighted by Gasteiger charge is 2.26. The smallest absolute Gasteiger partial charge is 0.407 e. The highest BCUT2D eigenvalue weighted by atomic mass is 16.6. The number of hydrogen-bond donors (Lipinski definition) is 1. The average Bonchev–Trinajstić information content (AvgIpc) is 2.23. The van der Waals surface area contributed by atoms with Crippen LogP contribution in [0.25, 0.3) is 0 Å². The fourth-order valence-electron chi connectivity index (χ4n) is 1.72. The molecule has 0 aromatic heterocycles. The quantitative estimate of drug-likeness (QED) is 0.787. The SMILES string of the molecule is CN1C[C@@H](CNC(=O)OC(C)(C)C)O[C@@H](C#N)C1. The predicted octanol–water partition coefficient (Wildman–Crippen LogP) is 0.734. The number of nitrogens with one attached hydrogen (secondary N) is 1. The molecule has 1 aliphatic heterocycles. The summed E-state index contributed by atoms with van der Waals surface area (Å²) in [5.74, 6) is 0. The second-order valence-corrected chi connectivity index (χ2v) is 5.48. The maximum Gasteiger partial charge on any atom is 0.407 e. The lowest BCUT2D eigenvalue weighted by Crippen LogP contribution is -2.50. The van der Waals surface area contributed by atoms with Crippen molar-refractivity contribution >= 4 is 6.09 Å². The molecule has 6 heteroatoms. The Bertz CT molecular complexity index is 332. The molecule has 0 spiro atoms. The lowest BCUT2D eigenvalue weighted by atomic mass is 10.2. The number of rotatable bonds is 2. The van der Waals surface area contributed by atoms with Gasteiger partial charge in [-0.1, -0.05) is 0 Å². The van der Waals surface area contributed by atoms with E-state index in [4.69, 9.17) is 14.7 Å². The first kappa shape index (κ1) is 14.7. The summed E-state index contributed by atoms with van der Waals surface area (Å²) in [4.78, 5) is 13.5. The van der Waals surface area contributed by atoms with Crippen molar-refractivity contribution in [1.82, 2.24) is 10.2 Å². The fraction of sp³-hybridized carbons (Fsp3) is 0.833. The maximum absolute atomic E-state index is 11.5. The number of morpholine rings is 1. The molecule has 1 rings (SSSR count). The largest absolute Gasteiger partial charge is 0.444 e. The summed E-state index contributed by atoms with van der Waals surface area (Å²) in [6.07, 6.45) is -1.08. The van der Waals surface area contributed by atoms with Gasteiger partial charge in [0.05, 0.1) is 12.2 Å². The minimum absolute atomic E-state index is 0.180. The normalized spacial score (nSPS) is 25.3. The zero-order valence-corrected chi connectivity index (χ0v) is 11.4. The summed E-state index contributed by atoms with van der Waals surface area (Å²) < 4.78 is 10.6.